The normalized spacial score (nSPS) is 14.9. The largest absolute Gasteiger partial charge is 0.352 e. The first-order valence-electron chi connectivity index (χ1n) is 13.8. The lowest BCUT2D eigenvalue weighted by molar-refractivity contribution is -0.141. The molecule has 3 aromatic rings. The van der Waals surface area contributed by atoms with E-state index in [2.05, 4.69) is 5.32 Å². The number of benzene rings is 3. The summed E-state index contributed by atoms with van der Waals surface area (Å²) in [7, 11) is -2.70. The van der Waals surface area contributed by atoms with Crippen LogP contribution in [0.1, 0.15) is 43.2 Å². The van der Waals surface area contributed by atoms with E-state index >= 15 is 0 Å². The Balaban J connectivity index is 1.69. The predicted molar refractivity (Wildman–Crippen MR) is 167 cm³/mol. The van der Waals surface area contributed by atoms with Gasteiger partial charge in [-0.3, -0.25) is 9.59 Å². The van der Waals surface area contributed by atoms with Gasteiger partial charge >= 0.3 is 0 Å². The molecule has 0 saturated heterocycles. The first-order valence-corrected chi connectivity index (χ1v) is 16.4. The molecule has 0 radical (unpaired) electrons. The molecular formula is C31H34Cl3N3O4S. The molecule has 224 valence electrons. The minimum Gasteiger partial charge on any atom is -0.352 e. The van der Waals surface area contributed by atoms with Crippen molar-refractivity contribution in [1.82, 2.24) is 14.5 Å². The third kappa shape index (κ3) is 8.26. The average molecular weight is 651 g/mol. The van der Waals surface area contributed by atoms with Gasteiger partial charge in [-0.05, 0) is 54.8 Å². The summed E-state index contributed by atoms with van der Waals surface area (Å²) in [6.07, 6.45) is 5.15. The van der Waals surface area contributed by atoms with Gasteiger partial charge in [-0.25, -0.2) is 8.42 Å². The molecule has 3 aromatic carbocycles. The molecule has 2 amide bonds. The topological polar surface area (TPSA) is 86.8 Å². The van der Waals surface area contributed by atoms with Crippen molar-refractivity contribution in [3.63, 3.8) is 0 Å². The highest BCUT2D eigenvalue weighted by Gasteiger charge is 2.34. The van der Waals surface area contributed by atoms with Gasteiger partial charge in [-0.1, -0.05) is 90.5 Å². The van der Waals surface area contributed by atoms with Gasteiger partial charge in [0.2, 0.25) is 21.8 Å². The maximum Gasteiger partial charge on any atom is 0.243 e. The van der Waals surface area contributed by atoms with Crippen molar-refractivity contribution in [1.29, 1.82) is 0 Å². The lowest BCUT2D eigenvalue weighted by atomic mass is 9.94. The van der Waals surface area contributed by atoms with Crippen LogP contribution in [0.2, 0.25) is 15.1 Å². The molecule has 0 heterocycles. The molecular weight excluding hydrogens is 617 g/mol. The van der Waals surface area contributed by atoms with Crippen LogP contribution in [0.3, 0.4) is 0 Å². The zero-order valence-corrected chi connectivity index (χ0v) is 26.4. The number of nitrogens with one attached hydrogen (secondary N) is 1. The Hall–Kier alpha value is -2.62. The quantitative estimate of drug-likeness (QED) is 0.262. The zero-order valence-electron chi connectivity index (χ0n) is 23.3. The fourth-order valence-electron chi connectivity index (χ4n) is 5.10. The standard InChI is InChI=1S/C31H34Cl3N3O4S/c1-36(42(40,41)25-17-15-23(32)16-18-25)21-30(38)37(20-26-27(33)13-8-14-28(26)34)29(19-22-9-4-2-5-10-22)31(39)35-24-11-6-3-7-12-24/h2,4-5,8-10,13-18,24,29H,3,6-7,11-12,19-21H2,1H3,(H,35,39)/t29-/m0/s1. The highest BCUT2D eigenvalue weighted by molar-refractivity contribution is 7.89. The van der Waals surface area contributed by atoms with Gasteiger partial charge in [0.05, 0.1) is 11.4 Å². The Kier molecular flexibility index (Phi) is 11.3. The number of hydrogen-bond acceptors (Lipinski definition) is 4. The van der Waals surface area contributed by atoms with Gasteiger partial charge in [0.15, 0.2) is 0 Å². The van der Waals surface area contributed by atoms with E-state index in [1.54, 1.807) is 18.2 Å². The van der Waals surface area contributed by atoms with Gasteiger partial charge in [-0.15, -0.1) is 0 Å². The Morgan fingerprint density at radius 1 is 0.881 bits per heavy atom. The van der Waals surface area contributed by atoms with Crippen LogP contribution in [0.25, 0.3) is 0 Å². The van der Waals surface area contributed by atoms with E-state index in [0.717, 1.165) is 42.0 Å². The molecule has 7 nitrogen and oxygen atoms in total. The number of carbonyl (C=O) groups is 2. The Morgan fingerprint density at radius 2 is 1.50 bits per heavy atom. The summed E-state index contributed by atoms with van der Waals surface area (Å²) in [5.74, 6) is -0.865. The molecule has 1 saturated carbocycles. The zero-order chi connectivity index (χ0) is 30.3. The van der Waals surface area contributed by atoms with Gasteiger partial charge < -0.3 is 10.2 Å². The van der Waals surface area contributed by atoms with Crippen LogP contribution in [0, 0.1) is 0 Å². The van der Waals surface area contributed by atoms with Crippen molar-refractivity contribution < 1.29 is 18.0 Å². The maximum absolute atomic E-state index is 14.1. The van der Waals surface area contributed by atoms with Crippen LogP contribution in [-0.2, 0) is 32.6 Å². The second kappa shape index (κ2) is 14.7. The molecule has 0 aliphatic heterocycles. The lowest BCUT2D eigenvalue weighted by Crippen LogP contribution is -2.54. The summed E-state index contributed by atoms with van der Waals surface area (Å²) in [5.41, 5.74) is 1.33. The minimum atomic E-state index is -4.03. The first-order chi connectivity index (χ1) is 20.1. The molecule has 11 heteroatoms. The number of halogens is 3. The van der Waals surface area contributed by atoms with Crippen molar-refractivity contribution in [2.75, 3.05) is 13.6 Å². The van der Waals surface area contributed by atoms with Gasteiger partial charge in [0.1, 0.15) is 6.04 Å². The molecule has 1 aliphatic carbocycles. The number of likely N-dealkylation sites (N-methyl/N-ethyl adjacent to an activating group) is 1. The smallest absolute Gasteiger partial charge is 0.243 e. The Bertz CT molecular complexity index is 1460. The van der Waals surface area contributed by atoms with E-state index in [0.29, 0.717) is 20.6 Å². The lowest BCUT2D eigenvalue weighted by Gasteiger charge is -2.34. The van der Waals surface area contributed by atoms with Crippen molar-refractivity contribution in [2.24, 2.45) is 0 Å². The molecule has 1 fully saturated rings. The van der Waals surface area contributed by atoms with Crippen molar-refractivity contribution in [3.05, 3.63) is 99.0 Å². The molecule has 42 heavy (non-hydrogen) atoms. The SMILES string of the molecule is CN(CC(=O)N(Cc1c(Cl)cccc1Cl)[C@@H](Cc1ccccc1)C(=O)NC1CCCCC1)S(=O)(=O)c1ccc(Cl)cc1. The van der Waals surface area contributed by atoms with Crippen LogP contribution in [-0.4, -0.2) is 55.1 Å². The van der Waals surface area contributed by atoms with Crippen molar-refractivity contribution in [3.8, 4) is 0 Å². The molecule has 0 aromatic heterocycles. The fourth-order valence-corrected chi connectivity index (χ4v) is 6.87. The first kappa shape index (κ1) is 32.3. The Morgan fingerprint density at radius 3 is 2.12 bits per heavy atom. The van der Waals surface area contributed by atoms with Crippen LogP contribution in [0.5, 0.6) is 0 Å². The second-order valence-electron chi connectivity index (χ2n) is 10.5. The summed E-state index contributed by atoms with van der Waals surface area (Å²) in [6.45, 7) is -0.587. The summed E-state index contributed by atoms with van der Waals surface area (Å²) >= 11 is 19.0. The molecule has 0 unspecified atom stereocenters. The van der Waals surface area contributed by atoms with E-state index in [1.165, 1.54) is 36.2 Å². The van der Waals surface area contributed by atoms with E-state index in [1.807, 2.05) is 30.3 Å². The van der Waals surface area contributed by atoms with Crippen molar-refractivity contribution in [2.45, 2.75) is 62.0 Å². The van der Waals surface area contributed by atoms with Crippen LogP contribution in [0.15, 0.2) is 77.7 Å². The average Bonchev–Trinajstić information content (AvgIpc) is 2.97. The van der Waals surface area contributed by atoms with Crippen molar-refractivity contribution >= 4 is 56.6 Å². The Labute approximate surface area is 262 Å². The van der Waals surface area contributed by atoms with E-state index in [-0.39, 0.29) is 29.8 Å². The molecule has 0 bridgehead atoms. The number of carbonyl (C=O) groups excluding carboxylic acids is 2. The third-order valence-electron chi connectivity index (χ3n) is 7.49. The van der Waals surface area contributed by atoms with Crippen LogP contribution in [0.4, 0.5) is 0 Å². The predicted octanol–water partition coefficient (Wildman–Crippen LogP) is 6.36. The summed E-state index contributed by atoms with van der Waals surface area (Å²) < 4.78 is 27.6. The second-order valence-corrected chi connectivity index (χ2v) is 13.8. The highest BCUT2D eigenvalue weighted by Crippen LogP contribution is 2.28. The van der Waals surface area contributed by atoms with Gasteiger partial charge in [-0.2, -0.15) is 4.31 Å². The molecule has 0 spiro atoms. The molecule has 1 atom stereocenters. The number of sulfonamides is 1. The number of nitrogens with zero attached hydrogens (tertiary/aromatic N) is 2. The van der Waals surface area contributed by atoms with E-state index in [4.69, 9.17) is 34.8 Å². The van der Waals surface area contributed by atoms with E-state index in [9.17, 15) is 18.0 Å². The van der Waals surface area contributed by atoms with Gasteiger partial charge in [0, 0.05) is 46.7 Å². The number of hydrogen-bond donors (Lipinski definition) is 1. The summed E-state index contributed by atoms with van der Waals surface area (Å²) in [4.78, 5) is 29.4. The third-order valence-corrected chi connectivity index (χ3v) is 10.3. The number of rotatable bonds is 11. The van der Waals surface area contributed by atoms with Gasteiger partial charge in [0.25, 0.3) is 0 Å². The molecule has 4 rings (SSSR count). The summed E-state index contributed by atoms with van der Waals surface area (Å²) in [5, 5.41) is 4.24. The monoisotopic (exact) mass is 649 g/mol. The molecule has 1 N–H and O–H groups in total. The van der Waals surface area contributed by atoms with Crippen LogP contribution >= 0.6 is 34.8 Å². The van der Waals surface area contributed by atoms with Crippen LogP contribution < -0.4 is 5.32 Å². The minimum absolute atomic E-state index is 0.00113. The fraction of sp³-hybridized carbons (Fsp3) is 0.355. The summed E-state index contributed by atoms with van der Waals surface area (Å²) in [6, 6.07) is 19.2. The highest BCUT2D eigenvalue weighted by atomic mass is 35.5. The maximum atomic E-state index is 14.1. The van der Waals surface area contributed by atoms with E-state index < -0.39 is 28.5 Å². The molecule has 1 aliphatic rings. The number of amides is 2.